The molecule has 0 bridgehead atoms. The normalized spacial score (nSPS) is 11.0. The van der Waals surface area contributed by atoms with Gasteiger partial charge in [0, 0.05) is 12.6 Å². The molecular weight excluding hydrogens is 160 g/mol. The van der Waals surface area contributed by atoms with Crippen LogP contribution in [0.15, 0.2) is 29.3 Å². The lowest BCUT2D eigenvalue weighted by Crippen LogP contribution is -2.01. The molecular formula is C11H12N2. The molecule has 0 N–H and O–H groups in total. The average Bonchev–Trinajstić information content (AvgIpc) is 2.20. The van der Waals surface area contributed by atoms with Crippen LogP contribution < -0.4 is 0 Å². The van der Waals surface area contributed by atoms with Gasteiger partial charge in [-0.25, -0.2) is 0 Å². The Kier molecular flexibility index (Phi) is 3.22. The predicted octanol–water partition coefficient (Wildman–Crippen LogP) is 2.19. The number of hydrogen-bond donors (Lipinski definition) is 0. The highest BCUT2D eigenvalue weighted by Gasteiger charge is 2.04. The number of hydrogen-bond acceptors (Lipinski definition) is 2. The summed E-state index contributed by atoms with van der Waals surface area (Å²) >= 11 is 0. The highest BCUT2D eigenvalue weighted by Crippen LogP contribution is 2.10. The van der Waals surface area contributed by atoms with Crippen LogP contribution in [-0.4, -0.2) is 12.8 Å². The van der Waals surface area contributed by atoms with Crippen LogP contribution in [0.2, 0.25) is 0 Å². The van der Waals surface area contributed by atoms with E-state index < -0.39 is 0 Å². The predicted molar refractivity (Wildman–Crippen MR) is 53.9 cm³/mol. The first-order valence-electron chi connectivity index (χ1n) is 4.28. The molecule has 0 fully saturated rings. The quantitative estimate of drug-likeness (QED) is 0.630. The molecule has 0 radical (unpaired) electrons. The molecule has 0 heterocycles. The van der Waals surface area contributed by atoms with Crippen molar-refractivity contribution in [3.05, 3.63) is 35.4 Å². The highest BCUT2D eigenvalue weighted by molar-refractivity contribution is 6.12. The van der Waals surface area contributed by atoms with Crippen molar-refractivity contribution in [1.29, 1.82) is 5.26 Å². The van der Waals surface area contributed by atoms with Crippen molar-refractivity contribution in [2.75, 3.05) is 7.05 Å². The Labute approximate surface area is 78.5 Å². The van der Waals surface area contributed by atoms with Crippen molar-refractivity contribution >= 4 is 5.71 Å². The van der Waals surface area contributed by atoms with E-state index >= 15 is 0 Å². The summed E-state index contributed by atoms with van der Waals surface area (Å²) in [4.78, 5) is 3.94. The van der Waals surface area contributed by atoms with E-state index in [9.17, 15) is 0 Å². The van der Waals surface area contributed by atoms with E-state index in [-0.39, 0.29) is 0 Å². The van der Waals surface area contributed by atoms with Gasteiger partial charge >= 0.3 is 0 Å². The Balaban J connectivity index is 3.22. The maximum absolute atomic E-state index is 8.82. The third-order valence-electron chi connectivity index (χ3n) is 1.98. The second kappa shape index (κ2) is 4.42. The molecule has 0 unspecified atom stereocenters. The summed E-state index contributed by atoms with van der Waals surface area (Å²) in [5, 5.41) is 8.82. The SMILES string of the molecule is CCc1ccccc1C(C#N)=NC. The largest absolute Gasteiger partial charge is 0.277 e. The van der Waals surface area contributed by atoms with Crippen LogP contribution in [0.4, 0.5) is 0 Å². The minimum absolute atomic E-state index is 0.512. The van der Waals surface area contributed by atoms with Crippen molar-refractivity contribution in [2.45, 2.75) is 13.3 Å². The Bertz CT molecular complexity index is 359. The first-order chi connectivity index (χ1) is 6.33. The van der Waals surface area contributed by atoms with Gasteiger partial charge in [-0.1, -0.05) is 31.2 Å². The first-order valence-corrected chi connectivity index (χ1v) is 4.28. The summed E-state index contributed by atoms with van der Waals surface area (Å²) in [5.74, 6) is 0. The summed E-state index contributed by atoms with van der Waals surface area (Å²) in [5.41, 5.74) is 2.64. The van der Waals surface area contributed by atoms with Crippen molar-refractivity contribution in [1.82, 2.24) is 0 Å². The number of rotatable bonds is 2. The summed E-state index contributed by atoms with van der Waals surface area (Å²) in [6, 6.07) is 9.96. The van der Waals surface area contributed by atoms with Gasteiger partial charge in [0.15, 0.2) is 0 Å². The lowest BCUT2D eigenvalue weighted by Gasteiger charge is -2.03. The Morgan fingerprint density at radius 1 is 1.46 bits per heavy atom. The van der Waals surface area contributed by atoms with Crippen LogP contribution >= 0.6 is 0 Å². The van der Waals surface area contributed by atoms with Crippen LogP contribution in [0.3, 0.4) is 0 Å². The van der Waals surface area contributed by atoms with Crippen LogP contribution in [-0.2, 0) is 6.42 Å². The van der Waals surface area contributed by atoms with Crippen molar-refractivity contribution < 1.29 is 0 Å². The van der Waals surface area contributed by atoms with Crippen LogP contribution in [0.25, 0.3) is 0 Å². The maximum Gasteiger partial charge on any atom is 0.142 e. The van der Waals surface area contributed by atoms with Crippen LogP contribution in [0.5, 0.6) is 0 Å². The van der Waals surface area contributed by atoms with Gasteiger partial charge < -0.3 is 0 Å². The molecule has 0 aliphatic heterocycles. The number of nitrogens with zero attached hydrogens (tertiary/aromatic N) is 2. The molecule has 1 rings (SSSR count). The van der Waals surface area contributed by atoms with E-state index in [0.29, 0.717) is 5.71 Å². The molecule has 0 aliphatic carbocycles. The zero-order valence-electron chi connectivity index (χ0n) is 7.91. The molecule has 0 spiro atoms. The fourth-order valence-corrected chi connectivity index (χ4v) is 1.29. The molecule has 0 atom stereocenters. The van der Waals surface area contributed by atoms with Gasteiger partial charge in [-0.2, -0.15) is 5.26 Å². The molecule has 0 aromatic heterocycles. The molecule has 0 aliphatic rings. The monoisotopic (exact) mass is 172 g/mol. The minimum Gasteiger partial charge on any atom is -0.277 e. The molecule has 0 saturated carbocycles. The van der Waals surface area contributed by atoms with E-state index in [1.54, 1.807) is 7.05 Å². The Hall–Kier alpha value is -1.62. The second-order valence-corrected chi connectivity index (χ2v) is 2.69. The molecule has 13 heavy (non-hydrogen) atoms. The fraction of sp³-hybridized carbons (Fsp3) is 0.273. The van der Waals surface area contributed by atoms with E-state index in [2.05, 4.69) is 18.0 Å². The molecule has 1 aromatic carbocycles. The summed E-state index contributed by atoms with van der Waals surface area (Å²) in [6.45, 7) is 2.07. The van der Waals surface area contributed by atoms with E-state index in [0.717, 1.165) is 12.0 Å². The van der Waals surface area contributed by atoms with Crippen molar-refractivity contribution in [3.8, 4) is 6.07 Å². The van der Waals surface area contributed by atoms with E-state index in [1.165, 1.54) is 5.56 Å². The standard InChI is InChI=1S/C11H12N2/c1-3-9-6-4-5-7-10(9)11(8-12)13-2/h4-7H,3H2,1-2H3. The van der Waals surface area contributed by atoms with Crippen LogP contribution in [0.1, 0.15) is 18.1 Å². The summed E-state index contributed by atoms with van der Waals surface area (Å²) < 4.78 is 0. The molecule has 2 heteroatoms. The van der Waals surface area contributed by atoms with Gasteiger partial charge in [0.2, 0.25) is 0 Å². The first kappa shape index (κ1) is 9.47. The third-order valence-corrected chi connectivity index (χ3v) is 1.98. The van der Waals surface area contributed by atoms with Crippen molar-refractivity contribution in [2.24, 2.45) is 4.99 Å². The maximum atomic E-state index is 8.82. The van der Waals surface area contributed by atoms with Gasteiger partial charge in [0.05, 0.1) is 0 Å². The lowest BCUT2D eigenvalue weighted by molar-refractivity contribution is 1.13. The third kappa shape index (κ3) is 1.94. The second-order valence-electron chi connectivity index (χ2n) is 2.69. The number of aryl methyl sites for hydroxylation is 1. The molecule has 66 valence electrons. The van der Waals surface area contributed by atoms with Gasteiger partial charge in [0.25, 0.3) is 0 Å². The molecule has 1 aromatic rings. The number of nitriles is 1. The summed E-state index contributed by atoms with van der Waals surface area (Å²) in [6.07, 6.45) is 0.927. The number of benzene rings is 1. The fourth-order valence-electron chi connectivity index (χ4n) is 1.29. The number of aliphatic imine (C=N–C) groups is 1. The molecule has 2 nitrogen and oxygen atoms in total. The smallest absolute Gasteiger partial charge is 0.142 e. The van der Waals surface area contributed by atoms with Gasteiger partial charge in [-0.15, -0.1) is 0 Å². The Morgan fingerprint density at radius 2 is 2.15 bits per heavy atom. The van der Waals surface area contributed by atoms with Gasteiger partial charge in [-0.05, 0) is 12.0 Å². The molecule has 0 amide bonds. The minimum atomic E-state index is 0.512. The van der Waals surface area contributed by atoms with E-state index in [1.807, 2.05) is 24.3 Å². The topological polar surface area (TPSA) is 36.1 Å². The Morgan fingerprint density at radius 3 is 2.69 bits per heavy atom. The van der Waals surface area contributed by atoms with Gasteiger partial charge in [0.1, 0.15) is 11.8 Å². The van der Waals surface area contributed by atoms with Gasteiger partial charge in [-0.3, -0.25) is 4.99 Å². The lowest BCUT2D eigenvalue weighted by atomic mass is 10.0. The van der Waals surface area contributed by atoms with E-state index in [4.69, 9.17) is 5.26 Å². The zero-order chi connectivity index (χ0) is 9.68. The highest BCUT2D eigenvalue weighted by atomic mass is 14.7. The summed E-state index contributed by atoms with van der Waals surface area (Å²) in [7, 11) is 1.64. The zero-order valence-corrected chi connectivity index (χ0v) is 7.91. The van der Waals surface area contributed by atoms with Crippen molar-refractivity contribution in [3.63, 3.8) is 0 Å². The molecule has 0 saturated heterocycles. The van der Waals surface area contributed by atoms with Crippen LogP contribution in [0, 0.1) is 11.3 Å². The average molecular weight is 172 g/mol.